The molecule has 0 spiro atoms. The molecular weight excluding hydrogens is 397 g/mol. The van der Waals surface area contributed by atoms with Gasteiger partial charge in [0, 0.05) is 6.42 Å². The van der Waals surface area contributed by atoms with Crippen LogP contribution in [0.5, 0.6) is 5.75 Å². The number of esters is 1. The second-order valence-corrected chi connectivity index (χ2v) is 6.97. The van der Waals surface area contributed by atoms with Gasteiger partial charge in [0.2, 0.25) is 0 Å². The lowest BCUT2D eigenvalue weighted by atomic mass is 9.98. The van der Waals surface area contributed by atoms with Crippen LogP contribution in [0.3, 0.4) is 0 Å². The highest BCUT2D eigenvalue weighted by Crippen LogP contribution is 2.24. The quantitative estimate of drug-likeness (QED) is 0.526. The van der Waals surface area contributed by atoms with Gasteiger partial charge < -0.3 is 14.8 Å². The molecule has 160 valence electrons. The zero-order valence-electron chi connectivity index (χ0n) is 17.2. The van der Waals surface area contributed by atoms with E-state index in [0.29, 0.717) is 6.42 Å². The lowest BCUT2D eigenvalue weighted by Gasteiger charge is -2.20. The number of amides is 1. The number of hydrogen-bond acceptors (Lipinski definition) is 4. The van der Waals surface area contributed by atoms with E-state index in [9.17, 15) is 14.0 Å². The predicted octanol–water partition coefficient (Wildman–Crippen LogP) is 4.22. The molecule has 0 saturated carbocycles. The zero-order valence-corrected chi connectivity index (χ0v) is 17.2. The van der Waals surface area contributed by atoms with Crippen LogP contribution in [0.2, 0.25) is 0 Å². The molecule has 0 aliphatic rings. The summed E-state index contributed by atoms with van der Waals surface area (Å²) in [6, 6.07) is 22.5. The third kappa shape index (κ3) is 6.67. The van der Waals surface area contributed by atoms with Crippen molar-refractivity contribution in [2.45, 2.75) is 18.9 Å². The Kier molecular flexibility index (Phi) is 7.76. The second kappa shape index (κ2) is 10.9. The van der Waals surface area contributed by atoms with Gasteiger partial charge >= 0.3 is 5.97 Å². The van der Waals surface area contributed by atoms with E-state index in [-0.39, 0.29) is 18.8 Å². The Bertz CT molecular complexity index is 988. The van der Waals surface area contributed by atoms with E-state index in [2.05, 4.69) is 5.32 Å². The monoisotopic (exact) mass is 421 g/mol. The highest BCUT2D eigenvalue weighted by molar-refractivity contribution is 5.81. The Balaban J connectivity index is 1.57. The minimum atomic E-state index is -0.486. The summed E-state index contributed by atoms with van der Waals surface area (Å²) in [5, 5.41) is 2.92. The molecule has 5 nitrogen and oxygen atoms in total. The molecule has 0 aliphatic heterocycles. The third-order valence-corrected chi connectivity index (χ3v) is 4.78. The summed E-state index contributed by atoms with van der Waals surface area (Å²) in [5.74, 6) is -0.496. The lowest BCUT2D eigenvalue weighted by Crippen LogP contribution is -2.33. The van der Waals surface area contributed by atoms with Crippen LogP contribution in [-0.2, 0) is 20.7 Å². The largest absolute Gasteiger partial charge is 0.497 e. The predicted molar refractivity (Wildman–Crippen MR) is 115 cm³/mol. The van der Waals surface area contributed by atoms with Gasteiger partial charge in [-0.3, -0.25) is 9.59 Å². The van der Waals surface area contributed by atoms with E-state index in [0.717, 1.165) is 22.4 Å². The molecule has 0 radical (unpaired) electrons. The molecule has 1 amide bonds. The SMILES string of the molecule is COc1ccc([C@@H](NC(=O)COC(=O)CCc2ccc(F)cc2)c2ccccc2)cc1. The molecule has 0 aromatic heterocycles. The van der Waals surface area contributed by atoms with Gasteiger partial charge in [-0.15, -0.1) is 0 Å². The fraction of sp³-hybridized carbons (Fsp3) is 0.200. The van der Waals surface area contributed by atoms with Crippen molar-refractivity contribution >= 4 is 11.9 Å². The Labute approximate surface area is 180 Å². The van der Waals surface area contributed by atoms with Crippen molar-refractivity contribution in [1.82, 2.24) is 5.32 Å². The third-order valence-electron chi connectivity index (χ3n) is 4.78. The number of ether oxygens (including phenoxy) is 2. The maximum absolute atomic E-state index is 12.9. The van der Waals surface area contributed by atoms with E-state index in [1.54, 1.807) is 19.2 Å². The van der Waals surface area contributed by atoms with Gasteiger partial charge in [-0.2, -0.15) is 0 Å². The summed E-state index contributed by atoms with van der Waals surface area (Å²) in [6.07, 6.45) is 0.527. The van der Waals surface area contributed by atoms with Crippen molar-refractivity contribution in [2.24, 2.45) is 0 Å². The summed E-state index contributed by atoms with van der Waals surface area (Å²) >= 11 is 0. The van der Waals surface area contributed by atoms with Crippen molar-refractivity contribution < 1.29 is 23.5 Å². The fourth-order valence-corrected chi connectivity index (χ4v) is 3.12. The van der Waals surface area contributed by atoms with Gasteiger partial charge in [-0.05, 0) is 47.4 Å². The first-order valence-corrected chi connectivity index (χ1v) is 9.93. The summed E-state index contributed by atoms with van der Waals surface area (Å²) < 4.78 is 23.3. The molecule has 3 aromatic carbocycles. The van der Waals surface area contributed by atoms with Crippen LogP contribution in [0, 0.1) is 5.82 Å². The number of methoxy groups -OCH3 is 1. The number of halogens is 1. The number of carbonyl (C=O) groups excluding carboxylic acids is 2. The zero-order chi connectivity index (χ0) is 22.1. The van der Waals surface area contributed by atoms with Gasteiger partial charge in [0.15, 0.2) is 6.61 Å². The normalized spacial score (nSPS) is 11.4. The van der Waals surface area contributed by atoms with Crippen molar-refractivity contribution in [3.05, 3.63) is 101 Å². The number of rotatable bonds is 9. The van der Waals surface area contributed by atoms with Gasteiger partial charge in [-0.1, -0.05) is 54.6 Å². The summed E-state index contributed by atoms with van der Waals surface area (Å²) in [6.45, 7) is -0.373. The lowest BCUT2D eigenvalue weighted by molar-refractivity contribution is -0.148. The summed E-state index contributed by atoms with van der Waals surface area (Å²) in [5.41, 5.74) is 2.61. The molecule has 0 bridgehead atoms. The first-order chi connectivity index (χ1) is 15.0. The molecular formula is C25H24FNO4. The first-order valence-electron chi connectivity index (χ1n) is 9.93. The summed E-state index contributed by atoms with van der Waals surface area (Å²) in [7, 11) is 1.59. The summed E-state index contributed by atoms with van der Waals surface area (Å²) in [4.78, 5) is 24.5. The Hall–Kier alpha value is -3.67. The molecule has 1 atom stereocenters. The number of hydrogen-bond donors (Lipinski definition) is 1. The number of nitrogens with one attached hydrogen (secondary N) is 1. The molecule has 0 fully saturated rings. The van der Waals surface area contributed by atoms with Crippen LogP contribution in [0.1, 0.15) is 29.2 Å². The molecule has 31 heavy (non-hydrogen) atoms. The fourth-order valence-electron chi connectivity index (χ4n) is 3.12. The van der Waals surface area contributed by atoms with Gasteiger partial charge in [0.25, 0.3) is 5.91 Å². The average molecular weight is 421 g/mol. The van der Waals surface area contributed by atoms with E-state index in [1.807, 2.05) is 54.6 Å². The van der Waals surface area contributed by atoms with Crippen LogP contribution >= 0.6 is 0 Å². The Morgan fingerprint density at radius 2 is 1.55 bits per heavy atom. The van der Waals surface area contributed by atoms with E-state index in [1.165, 1.54) is 12.1 Å². The smallest absolute Gasteiger partial charge is 0.306 e. The van der Waals surface area contributed by atoms with Gasteiger partial charge in [0.05, 0.1) is 13.2 Å². The number of aryl methyl sites for hydroxylation is 1. The molecule has 0 unspecified atom stereocenters. The molecule has 6 heteroatoms. The van der Waals surface area contributed by atoms with E-state index >= 15 is 0 Å². The van der Waals surface area contributed by atoms with Crippen molar-refractivity contribution in [3.63, 3.8) is 0 Å². The molecule has 1 N–H and O–H groups in total. The van der Waals surface area contributed by atoms with Crippen LogP contribution in [0.4, 0.5) is 4.39 Å². The van der Waals surface area contributed by atoms with Gasteiger partial charge in [-0.25, -0.2) is 4.39 Å². The molecule has 0 aliphatic carbocycles. The molecule has 0 saturated heterocycles. The van der Waals surface area contributed by atoms with E-state index in [4.69, 9.17) is 9.47 Å². The number of carbonyl (C=O) groups is 2. The average Bonchev–Trinajstić information content (AvgIpc) is 2.81. The van der Waals surface area contributed by atoms with Crippen LogP contribution in [0.25, 0.3) is 0 Å². The van der Waals surface area contributed by atoms with Crippen LogP contribution in [-0.4, -0.2) is 25.6 Å². The number of benzene rings is 3. The molecule has 3 rings (SSSR count). The Morgan fingerprint density at radius 1 is 0.903 bits per heavy atom. The maximum atomic E-state index is 12.9. The van der Waals surface area contributed by atoms with Crippen molar-refractivity contribution in [3.8, 4) is 5.75 Å². The topological polar surface area (TPSA) is 64.6 Å². The van der Waals surface area contributed by atoms with Crippen LogP contribution < -0.4 is 10.1 Å². The van der Waals surface area contributed by atoms with E-state index < -0.39 is 17.9 Å². The Morgan fingerprint density at radius 3 is 2.19 bits per heavy atom. The standard InChI is InChI=1S/C25H24FNO4/c1-30-22-14-10-20(11-15-22)25(19-5-3-2-4-6-19)27-23(28)17-31-24(29)16-9-18-7-12-21(26)13-8-18/h2-8,10-15,25H,9,16-17H2,1H3,(H,27,28)/t25-/m0/s1. The minimum Gasteiger partial charge on any atom is -0.497 e. The maximum Gasteiger partial charge on any atom is 0.306 e. The van der Waals surface area contributed by atoms with Crippen LogP contribution in [0.15, 0.2) is 78.9 Å². The molecule has 3 aromatic rings. The second-order valence-electron chi connectivity index (χ2n) is 6.97. The van der Waals surface area contributed by atoms with Gasteiger partial charge in [0.1, 0.15) is 11.6 Å². The highest BCUT2D eigenvalue weighted by Gasteiger charge is 2.18. The first kappa shape index (κ1) is 22.0. The highest BCUT2D eigenvalue weighted by atomic mass is 19.1. The minimum absolute atomic E-state index is 0.111. The molecule has 0 heterocycles. The van der Waals surface area contributed by atoms with Crippen molar-refractivity contribution in [2.75, 3.05) is 13.7 Å². The van der Waals surface area contributed by atoms with Crippen molar-refractivity contribution in [1.29, 1.82) is 0 Å².